The SMILES string of the molecule is COc1cc(-n2c(=S)[nH]c3sccc3c2=O)ccc1F. The fraction of sp³-hybridized carbons (Fsp3) is 0.0769. The molecule has 3 rings (SSSR count). The van der Waals surface area contributed by atoms with Gasteiger partial charge < -0.3 is 9.72 Å². The minimum Gasteiger partial charge on any atom is -0.494 e. The van der Waals surface area contributed by atoms with E-state index < -0.39 is 5.82 Å². The lowest BCUT2D eigenvalue weighted by Crippen LogP contribution is -2.19. The van der Waals surface area contributed by atoms with Gasteiger partial charge in [-0.05, 0) is 35.8 Å². The van der Waals surface area contributed by atoms with E-state index in [1.807, 2.05) is 5.38 Å². The number of halogens is 1. The number of nitrogens with zero attached hydrogens (tertiary/aromatic N) is 1. The fourth-order valence-electron chi connectivity index (χ4n) is 1.96. The number of nitrogens with one attached hydrogen (secondary N) is 1. The average molecular weight is 308 g/mol. The maximum absolute atomic E-state index is 13.4. The molecule has 0 spiro atoms. The molecule has 20 heavy (non-hydrogen) atoms. The number of aromatic nitrogens is 2. The zero-order chi connectivity index (χ0) is 14.3. The highest BCUT2D eigenvalue weighted by molar-refractivity contribution is 7.71. The molecule has 0 fully saturated rings. The average Bonchev–Trinajstić information content (AvgIpc) is 2.89. The van der Waals surface area contributed by atoms with Crippen molar-refractivity contribution in [1.82, 2.24) is 9.55 Å². The number of ether oxygens (including phenoxy) is 1. The largest absolute Gasteiger partial charge is 0.494 e. The Morgan fingerprint density at radius 3 is 2.95 bits per heavy atom. The maximum Gasteiger partial charge on any atom is 0.267 e. The molecule has 0 aliphatic rings. The second kappa shape index (κ2) is 4.84. The quantitative estimate of drug-likeness (QED) is 0.739. The van der Waals surface area contributed by atoms with E-state index in [2.05, 4.69) is 4.98 Å². The van der Waals surface area contributed by atoms with Crippen molar-refractivity contribution in [3.05, 3.63) is 50.6 Å². The third-order valence-electron chi connectivity index (χ3n) is 2.92. The van der Waals surface area contributed by atoms with Crippen molar-refractivity contribution in [3.8, 4) is 11.4 Å². The van der Waals surface area contributed by atoms with Crippen LogP contribution in [0.15, 0.2) is 34.4 Å². The van der Waals surface area contributed by atoms with Crippen molar-refractivity contribution in [1.29, 1.82) is 0 Å². The Balaban J connectivity index is 2.34. The number of aromatic amines is 1. The Hall–Kier alpha value is -1.99. The standard InChI is InChI=1S/C13H9FN2O2S2/c1-18-10-6-7(2-3-9(10)14)16-12(17)8-4-5-20-11(8)15-13(16)19/h2-6H,1H3,(H,15,19). The summed E-state index contributed by atoms with van der Waals surface area (Å²) in [6.45, 7) is 0. The summed E-state index contributed by atoms with van der Waals surface area (Å²) in [5, 5.41) is 2.36. The molecule has 0 radical (unpaired) electrons. The molecule has 0 saturated heterocycles. The third-order valence-corrected chi connectivity index (χ3v) is 4.03. The number of fused-ring (bicyclic) bond motifs is 1. The molecule has 7 heteroatoms. The van der Waals surface area contributed by atoms with Gasteiger partial charge in [0.15, 0.2) is 16.3 Å². The zero-order valence-corrected chi connectivity index (χ0v) is 12.0. The lowest BCUT2D eigenvalue weighted by Gasteiger charge is -2.08. The number of hydrogen-bond acceptors (Lipinski definition) is 4. The summed E-state index contributed by atoms with van der Waals surface area (Å²) in [4.78, 5) is 16.2. The number of rotatable bonds is 2. The molecule has 0 amide bonds. The van der Waals surface area contributed by atoms with Crippen LogP contribution in [0.25, 0.3) is 15.9 Å². The van der Waals surface area contributed by atoms with E-state index in [4.69, 9.17) is 17.0 Å². The molecule has 3 aromatic rings. The van der Waals surface area contributed by atoms with Gasteiger partial charge in [-0.25, -0.2) is 4.39 Å². The van der Waals surface area contributed by atoms with Crippen LogP contribution in [0.4, 0.5) is 4.39 Å². The highest BCUT2D eigenvalue weighted by Crippen LogP contribution is 2.21. The predicted octanol–water partition coefficient (Wildman–Crippen LogP) is 3.26. The van der Waals surface area contributed by atoms with E-state index in [0.29, 0.717) is 11.1 Å². The molecule has 1 N–H and O–H groups in total. The summed E-state index contributed by atoms with van der Waals surface area (Å²) >= 11 is 6.62. The topological polar surface area (TPSA) is 47.0 Å². The Kier molecular flexibility index (Phi) is 3.15. The summed E-state index contributed by atoms with van der Waals surface area (Å²) in [6.07, 6.45) is 0. The Morgan fingerprint density at radius 2 is 2.20 bits per heavy atom. The summed E-state index contributed by atoms with van der Waals surface area (Å²) in [5.41, 5.74) is 0.223. The molecule has 0 bridgehead atoms. The number of hydrogen-bond donors (Lipinski definition) is 1. The molecule has 0 unspecified atom stereocenters. The number of H-pyrrole nitrogens is 1. The van der Waals surface area contributed by atoms with E-state index in [1.165, 1.54) is 41.2 Å². The van der Waals surface area contributed by atoms with E-state index in [-0.39, 0.29) is 16.1 Å². The van der Waals surface area contributed by atoms with Crippen LogP contribution in [-0.4, -0.2) is 16.7 Å². The Morgan fingerprint density at radius 1 is 1.40 bits per heavy atom. The Labute approximate surface area is 122 Å². The van der Waals surface area contributed by atoms with Gasteiger partial charge in [0, 0.05) is 6.07 Å². The van der Waals surface area contributed by atoms with E-state index in [0.717, 1.165) is 4.83 Å². The normalized spacial score (nSPS) is 10.9. The van der Waals surface area contributed by atoms with Gasteiger partial charge in [-0.3, -0.25) is 9.36 Å². The van der Waals surface area contributed by atoms with Gasteiger partial charge in [0.25, 0.3) is 5.56 Å². The second-order valence-corrected chi connectivity index (χ2v) is 5.36. The van der Waals surface area contributed by atoms with Crippen molar-refractivity contribution >= 4 is 33.8 Å². The lowest BCUT2D eigenvalue weighted by atomic mass is 10.2. The van der Waals surface area contributed by atoms with Crippen LogP contribution < -0.4 is 10.3 Å². The Bertz CT molecular complexity index is 911. The van der Waals surface area contributed by atoms with Crippen LogP contribution in [0, 0.1) is 10.6 Å². The number of benzene rings is 1. The van der Waals surface area contributed by atoms with Crippen LogP contribution in [0.5, 0.6) is 5.75 Å². The molecule has 0 saturated carbocycles. The van der Waals surface area contributed by atoms with Crippen LogP contribution in [0.1, 0.15) is 0 Å². The summed E-state index contributed by atoms with van der Waals surface area (Å²) < 4.78 is 20.0. The van der Waals surface area contributed by atoms with Gasteiger partial charge in [0.1, 0.15) is 4.83 Å². The summed E-state index contributed by atoms with van der Waals surface area (Å²) in [7, 11) is 1.37. The molecular formula is C13H9FN2O2S2. The fourth-order valence-corrected chi connectivity index (χ4v) is 3.10. The van der Waals surface area contributed by atoms with E-state index in [1.54, 1.807) is 6.07 Å². The minimum atomic E-state index is -0.490. The first kappa shape index (κ1) is 13.0. The van der Waals surface area contributed by atoms with Crippen molar-refractivity contribution in [2.45, 2.75) is 0 Å². The molecule has 102 valence electrons. The van der Waals surface area contributed by atoms with Crippen molar-refractivity contribution in [2.24, 2.45) is 0 Å². The smallest absolute Gasteiger partial charge is 0.267 e. The minimum absolute atomic E-state index is 0.0641. The maximum atomic E-state index is 13.4. The van der Waals surface area contributed by atoms with Gasteiger partial charge >= 0.3 is 0 Å². The van der Waals surface area contributed by atoms with Gasteiger partial charge in [-0.1, -0.05) is 0 Å². The molecule has 0 atom stereocenters. The van der Waals surface area contributed by atoms with Crippen LogP contribution in [0.2, 0.25) is 0 Å². The third kappa shape index (κ3) is 1.95. The lowest BCUT2D eigenvalue weighted by molar-refractivity contribution is 0.386. The van der Waals surface area contributed by atoms with Crippen LogP contribution >= 0.6 is 23.6 Å². The van der Waals surface area contributed by atoms with Crippen molar-refractivity contribution < 1.29 is 9.13 Å². The van der Waals surface area contributed by atoms with Crippen molar-refractivity contribution in [3.63, 3.8) is 0 Å². The van der Waals surface area contributed by atoms with Gasteiger partial charge in [-0.2, -0.15) is 0 Å². The number of thiophene rings is 1. The molecule has 2 heterocycles. The van der Waals surface area contributed by atoms with Gasteiger partial charge in [0.2, 0.25) is 0 Å². The van der Waals surface area contributed by atoms with Crippen LogP contribution in [0.3, 0.4) is 0 Å². The molecular weight excluding hydrogens is 299 g/mol. The first-order valence-corrected chi connectivity index (χ1v) is 6.97. The first-order chi connectivity index (χ1) is 9.61. The first-order valence-electron chi connectivity index (χ1n) is 5.68. The van der Waals surface area contributed by atoms with Crippen molar-refractivity contribution in [2.75, 3.05) is 7.11 Å². The number of methoxy groups -OCH3 is 1. The summed E-state index contributed by atoms with van der Waals surface area (Å²) in [5.74, 6) is -0.426. The predicted molar refractivity (Wildman–Crippen MR) is 79.1 cm³/mol. The van der Waals surface area contributed by atoms with E-state index >= 15 is 0 Å². The van der Waals surface area contributed by atoms with E-state index in [9.17, 15) is 9.18 Å². The van der Waals surface area contributed by atoms with Gasteiger partial charge in [0.05, 0.1) is 18.2 Å². The molecule has 0 aliphatic heterocycles. The highest BCUT2D eigenvalue weighted by Gasteiger charge is 2.11. The molecule has 0 aliphatic carbocycles. The zero-order valence-electron chi connectivity index (χ0n) is 10.3. The highest BCUT2D eigenvalue weighted by atomic mass is 32.1. The summed E-state index contributed by atoms with van der Waals surface area (Å²) in [6, 6.07) is 5.90. The molecule has 1 aromatic carbocycles. The second-order valence-electron chi connectivity index (χ2n) is 4.05. The van der Waals surface area contributed by atoms with Gasteiger partial charge in [-0.15, -0.1) is 11.3 Å². The molecule has 2 aromatic heterocycles. The van der Waals surface area contributed by atoms with Crippen LogP contribution in [-0.2, 0) is 0 Å². The monoisotopic (exact) mass is 308 g/mol. The molecule has 4 nitrogen and oxygen atoms in total.